The Labute approximate surface area is 127 Å². The van der Waals surface area contributed by atoms with Crippen molar-refractivity contribution in [3.05, 3.63) is 35.3 Å². The Morgan fingerprint density at radius 1 is 1.38 bits per heavy atom. The molecule has 0 aromatic carbocycles. The van der Waals surface area contributed by atoms with Crippen molar-refractivity contribution in [3.63, 3.8) is 0 Å². The minimum atomic E-state index is -0.985. The fourth-order valence-corrected chi connectivity index (χ4v) is 3.08. The maximum absolute atomic E-state index is 11.4. The van der Waals surface area contributed by atoms with Gasteiger partial charge in [0, 0.05) is 30.6 Å². The van der Waals surface area contributed by atoms with Crippen molar-refractivity contribution < 1.29 is 9.90 Å². The SMILES string of the molecule is CCc1nc(C)c(C(=O)O)c(SCc2cncn2CC)n1. The number of imidazole rings is 1. The number of rotatable bonds is 6. The molecular weight excluding hydrogens is 288 g/mol. The van der Waals surface area contributed by atoms with Crippen molar-refractivity contribution in [2.24, 2.45) is 0 Å². The molecule has 2 rings (SSSR count). The van der Waals surface area contributed by atoms with E-state index in [1.165, 1.54) is 11.8 Å². The summed E-state index contributed by atoms with van der Waals surface area (Å²) in [6, 6.07) is 0. The van der Waals surface area contributed by atoms with Crippen LogP contribution in [-0.2, 0) is 18.7 Å². The van der Waals surface area contributed by atoms with E-state index in [2.05, 4.69) is 15.0 Å². The molecule has 0 unspecified atom stereocenters. The van der Waals surface area contributed by atoms with Crippen LogP contribution in [0.1, 0.15) is 41.4 Å². The predicted molar refractivity (Wildman–Crippen MR) is 80.6 cm³/mol. The van der Waals surface area contributed by atoms with Crippen LogP contribution in [0.4, 0.5) is 0 Å². The van der Waals surface area contributed by atoms with E-state index in [0.717, 1.165) is 12.2 Å². The molecule has 0 amide bonds. The van der Waals surface area contributed by atoms with E-state index < -0.39 is 5.97 Å². The fourth-order valence-electron chi connectivity index (χ4n) is 2.01. The van der Waals surface area contributed by atoms with Crippen molar-refractivity contribution in [2.45, 2.75) is 44.5 Å². The molecule has 2 aromatic heterocycles. The molecule has 0 radical (unpaired) electrons. The molecule has 2 heterocycles. The molecule has 0 bridgehead atoms. The van der Waals surface area contributed by atoms with Crippen molar-refractivity contribution in [2.75, 3.05) is 0 Å². The summed E-state index contributed by atoms with van der Waals surface area (Å²) in [4.78, 5) is 24.1. The van der Waals surface area contributed by atoms with Crippen LogP contribution in [0.15, 0.2) is 17.6 Å². The summed E-state index contributed by atoms with van der Waals surface area (Å²) in [6.07, 6.45) is 4.25. The maximum Gasteiger partial charge on any atom is 0.340 e. The number of nitrogens with zero attached hydrogens (tertiary/aromatic N) is 4. The van der Waals surface area contributed by atoms with E-state index in [4.69, 9.17) is 0 Å². The van der Waals surface area contributed by atoms with Gasteiger partial charge in [0.25, 0.3) is 0 Å². The van der Waals surface area contributed by atoms with Crippen LogP contribution in [0.5, 0.6) is 0 Å². The zero-order chi connectivity index (χ0) is 15.4. The molecule has 6 nitrogen and oxygen atoms in total. The fraction of sp³-hybridized carbons (Fsp3) is 0.429. The van der Waals surface area contributed by atoms with Gasteiger partial charge in [0.1, 0.15) is 16.4 Å². The molecule has 0 spiro atoms. The van der Waals surface area contributed by atoms with Gasteiger partial charge in [-0.1, -0.05) is 18.7 Å². The zero-order valence-corrected chi connectivity index (χ0v) is 13.1. The number of carbonyl (C=O) groups is 1. The van der Waals surface area contributed by atoms with E-state index in [9.17, 15) is 9.90 Å². The lowest BCUT2D eigenvalue weighted by Gasteiger charge is -2.10. The summed E-state index contributed by atoms with van der Waals surface area (Å²) in [5, 5.41) is 9.88. The van der Waals surface area contributed by atoms with Gasteiger partial charge in [0.05, 0.1) is 12.0 Å². The summed E-state index contributed by atoms with van der Waals surface area (Å²) in [5.41, 5.74) is 1.76. The molecule has 2 aromatic rings. The second kappa shape index (κ2) is 6.71. The number of thioether (sulfide) groups is 1. The van der Waals surface area contributed by atoms with E-state index in [1.54, 1.807) is 19.4 Å². The highest BCUT2D eigenvalue weighted by atomic mass is 32.2. The summed E-state index contributed by atoms with van der Waals surface area (Å²) in [7, 11) is 0. The highest BCUT2D eigenvalue weighted by molar-refractivity contribution is 7.98. The van der Waals surface area contributed by atoms with Crippen LogP contribution >= 0.6 is 11.8 Å². The number of aromatic nitrogens is 4. The number of hydrogen-bond acceptors (Lipinski definition) is 5. The lowest BCUT2D eigenvalue weighted by molar-refractivity contribution is 0.0690. The van der Waals surface area contributed by atoms with Gasteiger partial charge in [-0.15, -0.1) is 0 Å². The second-order valence-electron chi connectivity index (χ2n) is 4.52. The van der Waals surface area contributed by atoms with Crippen LogP contribution in [0.3, 0.4) is 0 Å². The molecule has 0 aliphatic heterocycles. The summed E-state index contributed by atoms with van der Waals surface area (Å²) in [6.45, 7) is 6.55. The summed E-state index contributed by atoms with van der Waals surface area (Å²) < 4.78 is 2.03. The summed E-state index contributed by atoms with van der Waals surface area (Å²) >= 11 is 1.41. The van der Waals surface area contributed by atoms with Gasteiger partial charge >= 0.3 is 5.97 Å². The van der Waals surface area contributed by atoms with E-state index >= 15 is 0 Å². The predicted octanol–water partition coefficient (Wildman–Crippen LogP) is 2.55. The van der Waals surface area contributed by atoms with Crippen LogP contribution < -0.4 is 0 Å². The Kier molecular flexibility index (Phi) is 4.95. The van der Waals surface area contributed by atoms with Gasteiger partial charge in [-0.25, -0.2) is 19.7 Å². The van der Waals surface area contributed by atoms with Crippen molar-refractivity contribution >= 4 is 17.7 Å². The van der Waals surface area contributed by atoms with Crippen LogP contribution in [-0.4, -0.2) is 30.6 Å². The minimum Gasteiger partial charge on any atom is -0.478 e. The molecule has 7 heteroatoms. The Morgan fingerprint density at radius 3 is 2.76 bits per heavy atom. The lowest BCUT2D eigenvalue weighted by atomic mass is 10.2. The first-order valence-corrected chi connectivity index (χ1v) is 7.77. The van der Waals surface area contributed by atoms with E-state index in [1.807, 2.05) is 18.4 Å². The third-order valence-corrected chi connectivity index (χ3v) is 4.14. The third kappa shape index (κ3) is 3.41. The van der Waals surface area contributed by atoms with Gasteiger partial charge in [-0.2, -0.15) is 0 Å². The Bertz CT molecular complexity index is 654. The molecule has 0 atom stereocenters. The molecule has 0 fully saturated rings. The largest absolute Gasteiger partial charge is 0.478 e. The molecule has 1 N–H and O–H groups in total. The lowest BCUT2D eigenvalue weighted by Crippen LogP contribution is -2.09. The summed E-state index contributed by atoms with van der Waals surface area (Å²) in [5.74, 6) is 0.318. The van der Waals surface area contributed by atoms with Gasteiger partial charge in [0.15, 0.2) is 0 Å². The molecule has 0 saturated heterocycles. The normalized spacial score (nSPS) is 10.8. The minimum absolute atomic E-state index is 0.194. The molecule has 21 heavy (non-hydrogen) atoms. The Hall–Kier alpha value is -1.89. The molecule has 112 valence electrons. The quantitative estimate of drug-likeness (QED) is 0.652. The molecule has 0 aliphatic rings. The number of hydrogen-bond donors (Lipinski definition) is 1. The van der Waals surface area contributed by atoms with E-state index in [0.29, 0.717) is 28.7 Å². The Balaban J connectivity index is 2.30. The third-order valence-electron chi connectivity index (χ3n) is 3.13. The van der Waals surface area contributed by atoms with Gasteiger partial charge < -0.3 is 9.67 Å². The standard InChI is InChI=1S/C14H18N4O2S/c1-4-11-16-9(3)12(14(19)20)13(17-11)21-7-10-6-15-8-18(10)5-2/h6,8H,4-5,7H2,1-3H3,(H,19,20). The highest BCUT2D eigenvalue weighted by Gasteiger charge is 2.18. The number of carboxylic acids is 1. The Morgan fingerprint density at radius 2 is 2.14 bits per heavy atom. The van der Waals surface area contributed by atoms with Crippen molar-refractivity contribution in [1.29, 1.82) is 0 Å². The van der Waals surface area contributed by atoms with Crippen molar-refractivity contribution in [3.8, 4) is 0 Å². The number of aryl methyl sites for hydroxylation is 3. The monoisotopic (exact) mass is 306 g/mol. The smallest absolute Gasteiger partial charge is 0.340 e. The van der Waals surface area contributed by atoms with Crippen LogP contribution in [0.25, 0.3) is 0 Å². The number of carboxylic acid groups (broad SMARTS) is 1. The highest BCUT2D eigenvalue weighted by Crippen LogP contribution is 2.26. The van der Waals surface area contributed by atoms with E-state index in [-0.39, 0.29) is 5.56 Å². The van der Waals surface area contributed by atoms with Gasteiger partial charge in [0.2, 0.25) is 0 Å². The average Bonchev–Trinajstić information content (AvgIpc) is 2.91. The molecular formula is C14H18N4O2S. The van der Waals surface area contributed by atoms with Crippen LogP contribution in [0, 0.1) is 6.92 Å². The first kappa shape index (κ1) is 15.5. The maximum atomic E-state index is 11.4. The first-order valence-electron chi connectivity index (χ1n) is 6.79. The molecule has 0 aliphatic carbocycles. The molecule has 0 saturated carbocycles. The van der Waals surface area contributed by atoms with Crippen molar-refractivity contribution in [1.82, 2.24) is 19.5 Å². The van der Waals surface area contributed by atoms with Gasteiger partial charge in [-0.05, 0) is 13.8 Å². The zero-order valence-electron chi connectivity index (χ0n) is 12.3. The van der Waals surface area contributed by atoms with Gasteiger partial charge in [-0.3, -0.25) is 0 Å². The topological polar surface area (TPSA) is 80.9 Å². The first-order chi connectivity index (χ1) is 10.1. The average molecular weight is 306 g/mol. The van der Waals surface area contributed by atoms with Crippen LogP contribution in [0.2, 0.25) is 0 Å². The number of aromatic carboxylic acids is 1. The second-order valence-corrected chi connectivity index (χ2v) is 5.49.